The standard InChI is InChI=1S/C15H31N3O/c1-15(2,3)17-14(19)11-13(12-16)18-9-7-5-4-6-8-10-18/h13H,4-12,16H2,1-3H3,(H,17,19). The summed E-state index contributed by atoms with van der Waals surface area (Å²) in [6.07, 6.45) is 6.96. The van der Waals surface area contributed by atoms with Crippen LogP contribution in [0.1, 0.15) is 59.3 Å². The maximum atomic E-state index is 12.0. The van der Waals surface area contributed by atoms with Crippen LogP contribution in [0.5, 0.6) is 0 Å². The van der Waals surface area contributed by atoms with Crippen molar-refractivity contribution in [2.24, 2.45) is 5.73 Å². The van der Waals surface area contributed by atoms with Crippen LogP contribution in [0.2, 0.25) is 0 Å². The molecule has 0 bridgehead atoms. The van der Waals surface area contributed by atoms with Crippen LogP contribution in [-0.2, 0) is 4.79 Å². The minimum atomic E-state index is -0.160. The number of hydrogen-bond donors (Lipinski definition) is 2. The fourth-order valence-electron chi connectivity index (χ4n) is 2.68. The number of carbonyl (C=O) groups is 1. The molecule has 19 heavy (non-hydrogen) atoms. The Labute approximate surface area is 118 Å². The highest BCUT2D eigenvalue weighted by atomic mass is 16.1. The molecular weight excluding hydrogens is 238 g/mol. The Morgan fingerprint density at radius 2 is 1.68 bits per heavy atom. The lowest BCUT2D eigenvalue weighted by molar-refractivity contribution is -0.123. The minimum absolute atomic E-state index is 0.116. The molecule has 112 valence electrons. The molecule has 4 nitrogen and oxygen atoms in total. The molecule has 1 rings (SSSR count). The number of carbonyl (C=O) groups excluding carboxylic acids is 1. The molecule has 4 heteroatoms. The summed E-state index contributed by atoms with van der Waals surface area (Å²) >= 11 is 0. The van der Waals surface area contributed by atoms with Gasteiger partial charge < -0.3 is 11.1 Å². The molecule has 1 atom stereocenters. The van der Waals surface area contributed by atoms with E-state index in [1.165, 1.54) is 32.1 Å². The van der Waals surface area contributed by atoms with Gasteiger partial charge in [0.05, 0.1) is 0 Å². The molecule has 0 aromatic rings. The van der Waals surface area contributed by atoms with E-state index in [2.05, 4.69) is 10.2 Å². The van der Waals surface area contributed by atoms with E-state index in [-0.39, 0.29) is 17.5 Å². The Morgan fingerprint density at radius 1 is 1.16 bits per heavy atom. The summed E-state index contributed by atoms with van der Waals surface area (Å²) in [6, 6.07) is 0.195. The molecule has 1 amide bonds. The molecule has 3 N–H and O–H groups in total. The van der Waals surface area contributed by atoms with Gasteiger partial charge in [-0.15, -0.1) is 0 Å². The highest BCUT2D eigenvalue weighted by Crippen LogP contribution is 2.14. The molecule has 1 fully saturated rings. The smallest absolute Gasteiger partial charge is 0.222 e. The van der Waals surface area contributed by atoms with E-state index >= 15 is 0 Å². The van der Waals surface area contributed by atoms with Crippen LogP contribution in [0, 0.1) is 0 Å². The van der Waals surface area contributed by atoms with Crippen molar-refractivity contribution in [3.63, 3.8) is 0 Å². The van der Waals surface area contributed by atoms with Gasteiger partial charge >= 0.3 is 0 Å². The first-order valence-corrected chi connectivity index (χ1v) is 7.67. The summed E-state index contributed by atoms with van der Waals surface area (Å²) in [6.45, 7) is 8.78. The molecule has 1 aliphatic rings. The fraction of sp³-hybridized carbons (Fsp3) is 0.933. The Morgan fingerprint density at radius 3 is 2.16 bits per heavy atom. The third-order valence-electron chi connectivity index (χ3n) is 3.61. The van der Waals surface area contributed by atoms with Crippen LogP contribution in [0.15, 0.2) is 0 Å². The predicted octanol–water partition coefficient (Wildman–Crippen LogP) is 1.88. The van der Waals surface area contributed by atoms with Gasteiger partial charge in [0.2, 0.25) is 5.91 Å². The summed E-state index contributed by atoms with van der Waals surface area (Å²) < 4.78 is 0. The lowest BCUT2D eigenvalue weighted by Crippen LogP contribution is -2.48. The van der Waals surface area contributed by atoms with Gasteiger partial charge in [-0.2, -0.15) is 0 Å². The molecule has 1 heterocycles. The Bertz CT molecular complexity index is 265. The van der Waals surface area contributed by atoms with Crippen molar-refractivity contribution in [3.05, 3.63) is 0 Å². The normalized spacial score (nSPS) is 20.4. The van der Waals surface area contributed by atoms with Gasteiger partial charge in [-0.05, 0) is 46.7 Å². The molecule has 0 spiro atoms. The van der Waals surface area contributed by atoms with Crippen LogP contribution >= 0.6 is 0 Å². The van der Waals surface area contributed by atoms with Crippen LogP contribution in [0.25, 0.3) is 0 Å². The summed E-state index contributed by atoms with van der Waals surface area (Å²) in [5.41, 5.74) is 5.72. The molecule has 0 radical (unpaired) electrons. The van der Waals surface area contributed by atoms with Gasteiger partial charge in [-0.25, -0.2) is 0 Å². The third-order valence-corrected chi connectivity index (χ3v) is 3.61. The van der Waals surface area contributed by atoms with E-state index in [4.69, 9.17) is 5.73 Å². The molecule has 1 saturated heterocycles. The number of rotatable bonds is 4. The van der Waals surface area contributed by atoms with Gasteiger partial charge in [0.1, 0.15) is 0 Å². The van der Waals surface area contributed by atoms with Gasteiger partial charge in [-0.3, -0.25) is 9.69 Å². The third kappa shape index (κ3) is 6.92. The van der Waals surface area contributed by atoms with E-state index in [9.17, 15) is 4.79 Å². The van der Waals surface area contributed by atoms with E-state index < -0.39 is 0 Å². The number of hydrogen-bond acceptors (Lipinski definition) is 3. The zero-order valence-corrected chi connectivity index (χ0v) is 12.9. The van der Waals surface area contributed by atoms with Crippen molar-refractivity contribution in [2.45, 2.75) is 70.9 Å². The molecule has 0 aliphatic carbocycles. The van der Waals surface area contributed by atoms with Crippen molar-refractivity contribution in [1.82, 2.24) is 10.2 Å². The van der Waals surface area contributed by atoms with Crippen molar-refractivity contribution in [2.75, 3.05) is 19.6 Å². The lowest BCUT2D eigenvalue weighted by atomic mass is 10.0. The topological polar surface area (TPSA) is 58.4 Å². The summed E-state index contributed by atoms with van der Waals surface area (Å²) in [4.78, 5) is 14.4. The average Bonchev–Trinajstić information content (AvgIpc) is 2.23. The van der Waals surface area contributed by atoms with Gasteiger partial charge in [0.15, 0.2) is 0 Å². The second-order valence-corrected chi connectivity index (χ2v) is 6.70. The Balaban J connectivity index is 2.48. The number of amides is 1. The Hall–Kier alpha value is -0.610. The zero-order valence-electron chi connectivity index (χ0n) is 12.9. The van der Waals surface area contributed by atoms with Gasteiger partial charge in [0.25, 0.3) is 0 Å². The van der Waals surface area contributed by atoms with Crippen molar-refractivity contribution >= 4 is 5.91 Å². The lowest BCUT2D eigenvalue weighted by Gasteiger charge is -2.32. The van der Waals surface area contributed by atoms with E-state index in [1.54, 1.807) is 0 Å². The molecule has 0 saturated carbocycles. The van der Waals surface area contributed by atoms with E-state index in [0.29, 0.717) is 13.0 Å². The number of nitrogens with zero attached hydrogens (tertiary/aromatic N) is 1. The molecule has 0 aromatic carbocycles. The largest absolute Gasteiger partial charge is 0.351 e. The Kier molecular flexibility index (Phi) is 6.80. The van der Waals surface area contributed by atoms with Crippen LogP contribution < -0.4 is 11.1 Å². The predicted molar refractivity (Wildman–Crippen MR) is 80.0 cm³/mol. The monoisotopic (exact) mass is 269 g/mol. The first kappa shape index (κ1) is 16.4. The number of nitrogens with one attached hydrogen (secondary N) is 1. The highest BCUT2D eigenvalue weighted by molar-refractivity contribution is 5.77. The van der Waals surface area contributed by atoms with E-state index in [1.807, 2.05) is 20.8 Å². The summed E-state index contributed by atoms with van der Waals surface area (Å²) in [7, 11) is 0. The van der Waals surface area contributed by atoms with Crippen LogP contribution in [0.4, 0.5) is 0 Å². The minimum Gasteiger partial charge on any atom is -0.351 e. The van der Waals surface area contributed by atoms with Crippen LogP contribution in [-0.4, -0.2) is 42.0 Å². The van der Waals surface area contributed by atoms with Gasteiger partial charge in [-0.1, -0.05) is 19.3 Å². The summed E-state index contributed by atoms with van der Waals surface area (Å²) in [5.74, 6) is 0.116. The molecular formula is C15H31N3O. The maximum absolute atomic E-state index is 12.0. The molecule has 1 aliphatic heterocycles. The van der Waals surface area contributed by atoms with Crippen molar-refractivity contribution in [3.8, 4) is 0 Å². The first-order valence-electron chi connectivity index (χ1n) is 7.67. The highest BCUT2D eigenvalue weighted by Gasteiger charge is 2.22. The number of likely N-dealkylation sites (tertiary alicyclic amines) is 1. The first-order chi connectivity index (χ1) is 8.92. The second-order valence-electron chi connectivity index (χ2n) is 6.70. The van der Waals surface area contributed by atoms with Crippen LogP contribution in [0.3, 0.4) is 0 Å². The van der Waals surface area contributed by atoms with E-state index in [0.717, 1.165) is 13.1 Å². The summed E-state index contributed by atoms with van der Waals surface area (Å²) in [5, 5.41) is 3.03. The SMILES string of the molecule is CC(C)(C)NC(=O)CC(CN)N1CCCCCCC1. The van der Waals surface area contributed by atoms with Crippen molar-refractivity contribution < 1.29 is 4.79 Å². The second kappa shape index (κ2) is 7.85. The van der Waals surface area contributed by atoms with Crippen molar-refractivity contribution in [1.29, 1.82) is 0 Å². The molecule has 0 aromatic heterocycles. The van der Waals surface area contributed by atoms with Gasteiger partial charge in [0, 0.05) is 24.5 Å². The zero-order chi connectivity index (χ0) is 14.3. The fourth-order valence-corrected chi connectivity index (χ4v) is 2.68. The quantitative estimate of drug-likeness (QED) is 0.819. The molecule has 1 unspecified atom stereocenters. The maximum Gasteiger partial charge on any atom is 0.222 e. The average molecular weight is 269 g/mol. The number of nitrogens with two attached hydrogens (primary N) is 1.